The average Bonchev–Trinajstić information content (AvgIpc) is 2.99. The molecule has 7 N–H and O–H groups in total. The lowest BCUT2D eigenvalue weighted by Gasteiger charge is -2.30. The number of amides is 5. The summed E-state index contributed by atoms with van der Waals surface area (Å²) in [5.74, 6) is -2.03. The fourth-order valence-corrected chi connectivity index (χ4v) is 4.38. The number of urea groups is 1. The molecular formula is C16H27N7O8S. The molecule has 5 amide bonds. The van der Waals surface area contributed by atoms with Gasteiger partial charge in [-0.15, -0.1) is 4.28 Å². The lowest BCUT2D eigenvalue weighted by molar-refractivity contribution is -0.134. The Morgan fingerprint density at radius 2 is 1.97 bits per heavy atom. The van der Waals surface area contributed by atoms with Gasteiger partial charge in [0.2, 0.25) is 11.8 Å². The van der Waals surface area contributed by atoms with Crippen LogP contribution in [0.15, 0.2) is 0 Å². The van der Waals surface area contributed by atoms with E-state index in [0.717, 1.165) is 17.9 Å². The second-order valence-corrected chi connectivity index (χ2v) is 8.83. The Balaban J connectivity index is 1.54. The molecular weight excluding hydrogens is 450 g/mol. The van der Waals surface area contributed by atoms with Gasteiger partial charge in [-0.05, 0) is 32.2 Å². The molecule has 0 spiro atoms. The second-order valence-electron chi connectivity index (χ2n) is 7.83. The Labute approximate surface area is 184 Å². The highest BCUT2D eigenvalue weighted by molar-refractivity contribution is 7.80. The quantitative estimate of drug-likeness (QED) is 0.158. The molecule has 32 heavy (non-hydrogen) atoms. The van der Waals surface area contributed by atoms with Crippen molar-refractivity contribution in [2.75, 3.05) is 26.2 Å². The number of carbonyl (C=O) groups is 4. The minimum absolute atomic E-state index is 0.0113. The number of hydroxylamine groups is 2. The monoisotopic (exact) mass is 477 g/mol. The highest BCUT2D eigenvalue weighted by atomic mass is 32.3. The summed E-state index contributed by atoms with van der Waals surface area (Å²) in [5.41, 5.74) is 10.2. The number of carbonyl (C=O) groups excluding carboxylic acids is 4. The van der Waals surface area contributed by atoms with Crippen molar-refractivity contribution < 1.29 is 36.4 Å². The summed E-state index contributed by atoms with van der Waals surface area (Å²) in [6.07, 6.45) is 1.95. The summed E-state index contributed by atoms with van der Waals surface area (Å²) >= 11 is 0. The number of nitrogens with two attached hydrogens (primary N) is 1. The molecule has 0 aromatic heterocycles. The van der Waals surface area contributed by atoms with E-state index in [2.05, 4.69) is 25.8 Å². The third-order valence-corrected chi connectivity index (χ3v) is 5.99. The van der Waals surface area contributed by atoms with Crippen LogP contribution < -0.4 is 27.2 Å². The van der Waals surface area contributed by atoms with Gasteiger partial charge in [0.1, 0.15) is 12.1 Å². The Morgan fingerprint density at radius 1 is 1.22 bits per heavy atom. The smallest absolute Gasteiger partial charge is 0.341 e. The molecule has 3 rings (SSSR count). The van der Waals surface area contributed by atoms with E-state index >= 15 is 0 Å². The van der Waals surface area contributed by atoms with Gasteiger partial charge in [-0.2, -0.15) is 13.5 Å². The van der Waals surface area contributed by atoms with Crippen molar-refractivity contribution in [3.8, 4) is 0 Å². The number of piperidine rings is 2. The topological polar surface area (TPSA) is 212 Å². The summed E-state index contributed by atoms with van der Waals surface area (Å²) in [6, 6.07) is -3.70. The van der Waals surface area contributed by atoms with Crippen LogP contribution in [0.2, 0.25) is 0 Å². The van der Waals surface area contributed by atoms with Crippen molar-refractivity contribution in [1.82, 2.24) is 31.4 Å². The van der Waals surface area contributed by atoms with Crippen LogP contribution in [0.1, 0.15) is 25.7 Å². The largest absolute Gasteiger partial charge is 0.418 e. The van der Waals surface area contributed by atoms with E-state index in [9.17, 15) is 27.6 Å². The van der Waals surface area contributed by atoms with E-state index in [1.54, 1.807) is 0 Å². The first-order chi connectivity index (χ1) is 15.1. The van der Waals surface area contributed by atoms with Crippen molar-refractivity contribution in [3.63, 3.8) is 0 Å². The number of fused-ring (bicyclic) bond motifs is 2. The molecule has 0 aliphatic carbocycles. The molecule has 3 fully saturated rings. The molecule has 0 saturated carbocycles. The van der Waals surface area contributed by atoms with Gasteiger partial charge in [-0.1, -0.05) is 0 Å². The minimum Gasteiger partial charge on any atom is -0.341 e. The maximum atomic E-state index is 12.7. The predicted octanol–water partition coefficient (Wildman–Crippen LogP) is -3.42. The van der Waals surface area contributed by atoms with E-state index in [1.165, 1.54) is 0 Å². The number of hydrazine groups is 1. The predicted molar refractivity (Wildman–Crippen MR) is 106 cm³/mol. The van der Waals surface area contributed by atoms with Crippen LogP contribution in [0.4, 0.5) is 4.79 Å². The average molecular weight is 478 g/mol. The second kappa shape index (κ2) is 9.95. The summed E-state index contributed by atoms with van der Waals surface area (Å²) < 4.78 is 35.1. The normalized spacial score (nSPS) is 26.4. The minimum atomic E-state index is -4.90. The van der Waals surface area contributed by atoms with Crippen LogP contribution >= 0.6 is 0 Å². The zero-order chi connectivity index (χ0) is 23.5. The first-order valence-electron chi connectivity index (χ1n) is 10.2. The maximum Gasteiger partial charge on any atom is 0.418 e. The van der Waals surface area contributed by atoms with Gasteiger partial charge in [-0.3, -0.25) is 29.8 Å². The van der Waals surface area contributed by atoms with Crippen molar-refractivity contribution in [2.45, 2.75) is 43.8 Å². The van der Waals surface area contributed by atoms with E-state index < -0.39 is 46.4 Å². The van der Waals surface area contributed by atoms with Gasteiger partial charge in [0, 0.05) is 19.6 Å². The first-order valence-corrected chi connectivity index (χ1v) is 11.5. The zero-order valence-corrected chi connectivity index (χ0v) is 18.0. The summed E-state index contributed by atoms with van der Waals surface area (Å²) in [7, 11) is -4.90. The van der Waals surface area contributed by atoms with Crippen LogP contribution in [0.25, 0.3) is 0 Å². The van der Waals surface area contributed by atoms with Crippen molar-refractivity contribution in [3.05, 3.63) is 0 Å². The number of nitrogens with zero attached hydrogens (tertiary/aromatic N) is 2. The maximum absolute atomic E-state index is 12.7. The lowest BCUT2D eigenvalue weighted by atomic mass is 9.99. The van der Waals surface area contributed by atoms with E-state index in [4.69, 9.17) is 10.3 Å². The molecule has 0 aromatic rings. The van der Waals surface area contributed by atoms with Crippen LogP contribution in [0, 0.1) is 5.92 Å². The molecule has 3 aliphatic heterocycles. The molecule has 3 saturated heterocycles. The third kappa shape index (κ3) is 5.63. The Hall–Kier alpha value is -2.53. The molecule has 0 aromatic carbocycles. The molecule has 2 bridgehead atoms. The highest BCUT2D eigenvalue weighted by Crippen LogP contribution is 2.30. The summed E-state index contributed by atoms with van der Waals surface area (Å²) in [5, 5.41) is 6.05. The van der Waals surface area contributed by atoms with E-state index in [0.29, 0.717) is 18.0 Å². The van der Waals surface area contributed by atoms with E-state index in [1.807, 2.05) is 0 Å². The van der Waals surface area contributed by atoms with E-state index in [-0.39, 0.29) is 37.8 Å². The standard InChI is InChI=1S/C16H27N7O8S/c17-6-11(14(25)21-20-13(24)9-2-1-5-18-7-9)19-15(26)12-4-3-10-8-22(12)16(27)23(10)31-32(28,29)30/h9-12,18H,1-8,17H2,(H,19,26)(H,20,24)(H,21,25)(H,28,29,30)/t9?,10?,11-,12-/m0/s1. The van der Waals surface area contributed by atoms with Gasteiger partial charge >= 0.3 is 16.4 Å². The van der Waals surface area contributed by atoms with Gasteiger partial charge in [-0.25, -0.2) is 4.79 Å². The van der Waals surface area contributed by atoms with Gasteiger partial charge in [0.25, 0.3) is 5.91 Å². The molecule has 3 heterocycles. The van der Waals surface area contributed by atoms with Gasteiger partial charge in [0.05, 0.1) is 12.0 Å². The Kier molecular flexibility index (Phi) is 7.50. The SMILES string of the molecule is NC[C@H](NC(=O)[C@@H]1CCC2CN1C(=O)N2OS(=O)(=O)O)C(=O)NNC(=O)C1CCCNC1. The fraction of sp³-hybridized carbons (Fsp3) is 0.750. The van der Waals surface area contributed by atoms with Gasteiger partial charge < -0.3 is 21.3 Å². The molecule has 16 heteroatoms. The number of nitrogens with one attached hydrogen (secondary N) is 4. The molecule has 4 atom stereocenters. The zero-order valence-electron chi connectivity index (χ0n) is 17.2. The Bertz CT molecular complexity index is 862. The molecule has 3 aliphatic rings. The van der Waals surface area contributed by atoms with Crippen LogP contribution in [-0.2, 0) is 29.1 Å². The van der Waals surface area contributed by atoms with Crippen LogP contribution in [0.5, 0.6) is 0 Å². The van der Waals surface area contributed by atoms with Crippen molar-refractivity contribution in [2.24, 2.45) is 11.7 Å². The molecule has 180 valence electrons. The van der Waals surface area contributed by atoms with Crippen molar-refractivity contribution in [1.29, 1.82) is 0 Å². The molecule has 15 nitrogen and oxygen atoms in total. The van der Waals surface area contributed by atoms with Crippen molar-refractivity contribution >= 4 is 34.2 Å². The van der Waals surface area contributed by atoms with Gasteiger partial charge in [0.15, 0.2) is 0 Å². The summed E-state index contributed by atoms with van der Waals surface area (Å²) in [4.78, 5) is 50.7. The number of hydrogen-bond donors (Lipinski definition) is 6. The highest BCUT2D eigenvalue weighted by Gasteiger charge is 2.49. The van der Waals surface area contributed by atoms with Crippen LogP contribution in [0.3, 0.4) is 0 Å². The first kappa shape index (κ1) is 24.1. The lowest BCUT2D eigenvalue weighted by Crippen LogP contribution is -2.59. The summed E-state index contributed by atoms with van der Waals surface area (Å²) in [6.45, 7) is 1.08. The Morgan fingerprint density at radius 3 is 2.59 bits per heavy atom. The fourth-order valence-electron chi connectivity index (χ4n) is 3.99. The van der Waals surface area contributed by atoms with Crippen LogP contribution in [-0.4, -0.2) is 91.0 Å². The molecule has 2 unspecified atom stereocenters. The third-order valence-electron chi connectivity index (χ3n) is 5.65. The number of hydrogen-bond acceptors (Lipinski definition) is 9. The molecule has 0 radical (unpaired) electrons. The number of rotatable bonds is 7.